The number of hydroxylamine groups is 1. The Balaban J connectivity index is 1.54. The van der Waals surface area contributed by atoms with Crippen molar-refractivity contribution in [3.05, 3.63) is 101 Å². The molecule has 0 aliphatic rings. The highest BCUT2D eigenvalue weighted by atomic mass is 35.5. The first kappa shape index (κ1) is 25.8. The molecule has 0 spiro atoms. The van der Waals surface area contributed by atoms with Crippen LogP contribution in [0.4, 0.5) is 0 Å². The predicted molar refractivity (Wildman–Crippen MR) is 142 cm³/mol. The van der Waals surface area contributed by atoms with E-state index in [2.05, 4.69) is 10.3 Å². The molecule has 190 valence electrons. The molecule has 0 saturated heterocycles. The second-order valence-electron chi connectivity index (χ2n) is 8.28. The van der Waals surface area contributed by atoms with E-state index in [1.54, 1.807) is 47.9 Å². The van der Waals surface area contributed by atoms with E-state index >= 15 is 0 Å². The molecule has 3 aromatic carbocycles. The van der Waals surface area contributed by atoms with Crippen LogP contribution in [0.2, 0.25) is 5.02 Å². The molecule has 9 heteroatoms. The Bertz CT molecular complexity index is 1430. The van der Waals surface area contributed by atoms with Gasteiger partial charge in [0.25, 0.3) is 11.8 Å². The number of halogens is 1. The van der Waals surface area contributed by atoms with Crippen molar-refractivity contribution in [2.24, 2.45) is 0 Å². The molecule has 1 heterocycles. The quantitative estimate of drug-likeness (QED) is 0.137. The van der Waals surface area contributed by atoms with Gasteiger partial charge >= 0.3 is 0 Å². The van der Waals surface area contributed by atoms with E-state index in [9.17, 15) is 9.59 Å². The molecular weight excluding hydrogens is 494 g/mol. The third-order valence-corrected chi connectivity index (χ3v) is 5.96. The van der Waals surface area contributed by atoms with Crippen LogP contribution >= 0.6 is 11.6 Å². The number of amides is 2. The van der Waals surface area contributed by atoms with Crippen LogP contribution in [-0.4, -0.2) is 41.8 Å². The van der Waals surface area contributed by atoms with Gasteiger partial charge < -0.3 is 19.8 Å². The van der Waals surface area contributed by atoms with Crippen LogP contribution in [0.5, 0.6) is 11.5 Å². The summed E-state index contributed by atoms with van der Waals surface area (Å²) in [4.78, 5) is 27.5. The van der Waals surface area contributed by atoms with Crippen molar-refractivity contribution in [2.45, 2.75) is 12.5 Å². The number of para-hydroxylation sites is 1. The van der Waals surface area contributed by atoms with Crippen LogP contribution in [0.3, 0.4) is 0 Å². The van der Waals surface area contributed by atoms with Gasteiger partial charge in [0.05, 0.1) is 13.2 Å². The van der Waals surface area contributed by atoms with Crippen LogP contribution in [0.15, 0.2) is 79.0 Å². The van der Waals surface area contributed by atoms with E-state index in [-0.39, 0.29) is 18.6 Å². The number of ether oxygens (including phenoxy) is 2. The number of carbonyl (C=O) groups excluding carboxylic acids is 2. The van der Waals surface area contributed by atoms with Crippen molar-refractivity contribution in [1.29, 1.82) is 0 Å². The molecule has 0 saturated carbocycles. The molecule has 37 heavy (non-hydrogen) atoms. The van der Waals surface area contributed by atoms with Crippen LogP contribution in [-0.2, 0) is 11.2 Å². The zero-order valence-corrected chi connectivity index (χ0v) is 20.8. The number of hydrogen-bond donors (Lipinski definition) is 4. The summed E-state index contributed by atoms with van der Waals surface area (Å²) < 4.78 is 11.6. The Morgan fingerprint density at radius 1 is 1.08 bits per heavy atom. The van der Waals surface area contributed by atoms with Crippen LogP contribution in [0.1, 0.15) is 21.5 Å². The minimum atomic E-state index is -0.644. The summed E-state index contributed by atoms with van der Waals surface area (Å²) in [6, 6.07) is 19.5. The molecule has 0 bridgehead atoms. The van der Waals surface area contributed by atoms with Gasteiger partial charge in [0, 0.05) is 33.8 Å². The largest absolute Gasteiger partial charge is 0.493 e. The number of aromatic nitrogens is 1. The third-order valence-electron chi connectivity index (χ3n) is 5.73. The van der Waals surface area contributed by atoms with Gasteiger partial charge in [-0.1, -0.05) is 41.9 Å². The first-order valence-corrected chi connectivity index (χ1v) is 11.9. The lowest BCUT2D eigenvalue weighted by molar-refractivity contribution is -0.124. The Kier molecular flexibility index (Phi) is 8.45. The summed E-state index contributed by atoms with van der Waals surface area (Å²) in [6.45, 7) is 0.171. The smallest absolute Gasteiger partial charge is 0.267 e. The lowest BCUT2D eigenvalue weighted by atomic mass is 10.0. The highest BCUT2D eigenvalue weighted by Gasteiger charge is 2.19. The van der Waals surface area contributed by atoms with Crippen molar-refractivity contribution >= 4 is 40.4 Å². The first-order chi connectivity index (χ1) is 18.0. The summed E-state index contributed by atoms with van der Waals surface area (Å²) in [7, 11) is 1.51. The van der Waals surface area contributed by atoms with Gasteiger partial charge in [-0.25, -0.2) is 5.48 Å². The minimum absolute atomic E-state index is 0.171. The zero-order chi connectivity index (χ0) is 26.2. The summed E-state index contributed by atoms with van der Waals surface area (Å²) in [6.07, 6.45) is 5.18. The van der Waals surface area contributed by atoms with E-state index in [1.165, 1.54) is 19.3 Å². The number of rotatable bonds is 10. The van der Waals surface area contributed by atoms with Gasteiger partial charge in [-0.05, 0) is 60.0 Å². The number of methoxy groups -OCH3 is 1. The van der Waals surface area contributed by atoms with Gasteiger partial charge in [0.1, 0.15) is 6.61 Å². The molecule has 4 aromatic rings. The molecule has 0 unspecified atom stereocenters. The fourth-order valence-electron chi connectivity index (χ4n) is 3.92. The normalized spacial score (nSPS) is 11.9. The average molecular weight is 520 g/mol. The van der Waals surface area contributed by atoms with Crippen LogP contribution in [0, 0.1) is 0 Å². The predicted octanol–water partition coefficient (Wildman–Crippen LogP) is 4.77. The fraction of sp³-hybridized carbons (Fsp3) is 0.143. The Morgan fingerprint density at radius 2 is 1.92 bits per heavy atom. The van der Waals surface area contributed by atoms with Gasteiger partial charge in [0.2, 0.25) is 0 Å². The van der Waals surface area contributed by atoms with E-state index in [4.69, 9.17) is 26.3 Å². The van der Waals surface area contributed by atoms with E-state index in [0.717, 1.165) is 16.5 Å². The monoisotopic (exact) mass is 519 g/mol. The molecule has 4 rings (SSSR count). The number of carbonyl (C=O) groups is 2. The van der Waals surface area contributed by atoms with Gasteiger partial charge in [-0.2, -0.15) is 0 Å². The molecule has 4 N–H and O–H groups in total. The van der Waals surface area contributed by atoms with Gasteiger partial charge in [-0.15, -0.1) is 0 Å². The maximum absolute atomic E-state index is 13.0. The summed E-state index contributed by atoms with van der Waals surface area (Å²) in [5.41, 5.74) is 4.73. The molecule has 0 aliphatic carbocycles. The molecule has 8 nitrogen and oxygen atoms in total. The second kappa shape index (κ2) is 12.1. The SMILES string of the molecule is COc1cc(/C=C/C(=O)NO)ccc1OC[C@H](Cc1c[nH]c2ccccc12)NC(=O)c1cccc(Cl)c1. The first-order valence-electron chi connectivity index (χ1n) is 11.5. The molecule has 1 atom stereocenters. The molecular formula is C28H26ClN3O5. The lowest BCUT2D eigenvalue weighted by Gasteiger charge is -2.20. The maximum atomic E-state index is 13.0. The second-order valence-corrected chi connectivity index (χ2v) is 8.71. The minimum Gasteiger partial charge on any atom is -0.493 e. The summed E-state index contributed by atoms with van der Waals surface area (Å²) in [5, 5.41) is 13.3. The standard InChI is InChI=1S/C28H26ClN3O5/c1-36-26-13-18(10-12-27(33)32-35)9-11-25(26)37-17-22(31-28(34)19-5-4-6-21(29)14-19)15-20-16-30-24-8-3-2-7-23(20)24/h2-14,16,22,30,35H,15,17H2,1H3,(H,31,34)(H,32,33)/b12-10+/t22-/m0/s1. The van der Waals surface area contributed by atoms with Crippen molar-refractivity contribution in [2.75, 3.05) is 13.7 Å². The van der Waals surface area contributed by atoms with Crippen molar-refractivity contribution < 1.29 is 24.3 Å². The highest BCUT2D eigenvalue weighted by molar-refractivity contribution is 6.30. The number of hydrogen-bond acceptors (Lipinski definition) is 5. The van der Waals surface area contributed by atoms with Gasteiger partial charge in [0.15, 0.2) is 11.5 Å². The van der Waals surface area contributed by atoms with E-state index in [0.29, 0.717) is 34.1 Å². The number of benzene rings is 3. The van der Waals surface area contributed by atoms with E-state index < -0.39 is 5.91 Å². The van der Waals surface area contributed by atoms with Gasteiger partial charge in [-0.3, -0.25) is 14.8 Å². The zero-order valence-electron chi connectivity index (χ0n) is 20.0. The maximum Gasteiger partial charge on any atom is 0.267 e. The molecule has 2 amide bonds. The Hall–Kier alpha value is -4.27. The van der Waals surface area contributed by atoms with Crippen molar-refractivity contribution in [1.82, 2.24) is 15.8 Å². The third kappa shape index (κ3) is 6.69. The molecule has 0 aliphatic heterocycles. The molecule has 0 fully saturated rings. The topological polar surface area (TPSA) is 113 Å². The molecule has 0 radical (unpaired) electrons. The highest BCUT2D eigenvalue weighted by Crippen LogP contribution is 2.29. The van der Waals surface area contributed by atoms with Crippen LogP contribution < -0.4 is 20.3 Å². The van der Waals surface area contributed by atoms with E-state index in [1.807, 2.05) is 30.5 Å². The number of fused-ring (bicyclic) bond motifs is 1. The summed E-state index contributed by atoms with van der Waals surface area (Å²) >= 11 is 6.08. The van der Waals surface area contributed by atoms with Crippen molar-refractivity contribution in [3.8, 4) is 11.5 Å². The average Bonchev–Trinajstić information content (AvgIpc) is 3.33. The Labute approximate surface area is 218 Å². The fourth-order valence-corrected chi connectivity index (χ4v) is 4.11. The number of aromatic amines is 1. The number of nitrogens with one attached hydrogen (secondary N) is 3. The number of H-pyrrole nitrogens is 1. The Morgan fingerprint density at radius 3 is 2.70 bits per heavy atom. The van der Waals surface area contributed by atoms with Crippen LogP contribution in [0.25, 0.3) is 17.0 Å². The van der Waals surface area contributed by atoms with Crippen molar-refractivity contribution in [3.63, 3.8) is 0 Å². The lowest BCUT2D eigenvalue weighted by Crippen LogP contribution is -2.40. The summed E-state index contributed by atoms with van der Waals surface area (Å²) in [5.74, 6) is 0.0335. The molecule has 1 aromatic heterocycles.